The number of anilines is 2. The number of ether oxygens (including phenoxy) is 2. The zero-order valence-electron chi connectivity index (χ0n) is 16.4. The van der Waals surface area contributed by atoms with Gasteiger partial charge in [-0.05, 0) is 60.4 Å². The predicted molar refractivity (Wildman–Crippen MR) is 111 cm³/mol. The van der Waals surface area contributed by atoms with Crippen LogP contribution in [0.1, 0.15) is 27.7 Å². The van der Waals surface area contributed by atoms with Crippen molar-refractivity contribution in [3.8, 4) is 11.5 Å². The van der Waals surface area contributed by atoms with Crippen molar-refractivity contribution in [2.75, 3.05) is 36.9 Å². The first-order valence-corrected chi connectivity index (χ1v) is 9.46. The molecule has 26 heavy (non-hydrogen) atoms. The molecule has 0 heterocycles. The predicted octanol–water partition coefficient (Wildman–Crippen LogP) is 5.28. The molecule has 2 N–H and O–H groups in total. The number of hydrogen-bond donors (Lipinski definition) is 2. The lowest BCUT2D eigenvalue weighted by Crippen LogP contribution is -2.13. The quantitative estimate of drug-likeness (QED) is 0.538. The lowest BCUT2D eigenvalue weighted by Gasteiger charge is -2.12. The normalized spacial score (nSPS) is 10.8. The second-order valence-corrected chi connectivity index (χ2v) is 7.31. The number of nitrogens with one attached hydrogen (secondary N) is 2. The molecule has 0 saturated heterocycles. The van der Waals surface area contributed by atoms with E-state index in [4.69, 9.17) is 9.47 Å². The molecule has 0 aliphatic heterocycles. The molecule has 4 heteroatoms. The van der Waals surface area contributed by atoms with E-state index in [2.05, 4.69) is 62.6 Å². The topological polar surface area (TPSA) is 42.5 Å². The molecular weight excluding hydrogens is 324 g/mol. The molecule has 0 aliphatic carbocycles. The third kappa shape index (κ3) is 7.68. The molecular formula is C22H32N2O2. The van der Waals surface area contributed by atoms with Crippen molar-refractivity contribution in [2.24, 2.45) is 11.8 Å². The molecule has 0 saturated carbocycles. The minimum Gasteiger partial charge on any atom is -0.493 e. The van der Waals surface area contributed by atoms with E-state index in [0.717, 1.165) is 49.2 Å². The molecule has 4 nitrogen and oxygen atoms in total. The van der Waals surface area contributed by atoms with Crippen LogP contribution >= 0.6 is 0 Å². The zero-order chi connectivity index (χ0) is 18.8. The van der Waals surface area contributed by atoms with Gasteiger partial charge in [0.05, 0.1) is 13.2 Å². The first-order chi connectivity index (χ1) is 12.5. The van der Waals surface area contributed by atoms with Crippen LogP contribution in [0, 0.1) is 11.8 Å². The summed E-state index contributed by atoms with van der Waals surface area (Å²) in [5.74, 6) is 2.91. The van der Waals surface area contributed by atoms with Crippen LogP contribution in [-0.4, -0.2) is 26.3 Å². The number of hydrogen-bond acceptors (Lipinski definition) is 4. The van der Waals surface area contributed by atoms with Gasteiger partial charge in [0.15, 0.2) is 0 Å². The second-order valence-electron chi connectivity index (χ2n) is 7.31. The van der Waals surface area contributed by atoms with Gasteiger partial charge in [-0.25, -0.2) is 0 Å². The molecule has 0 unspecified atom stereocenters. The maximum atomic E-state index is 5.70. The minimum atomic E-state index is 0.537. The van der Waals surface area contributed by atoms with E-state index >= 15 is 0 Å². The van der Waals surface area contributed by atoms with Crippen LogP contribution in [0.5, 0.6) is 11.5 Å². The smallest absolute Gasteiger partial charge is 0.119 e. The standard InChI is InChI=1S/C22H32N2O2/c1-17(2)15-25-21-9-5-19(6-10-21)23-13-14-24-20-7-11-22(12-8-20)26-16-18(3)4/h5-12,17-18,23-24H,13-16H2,1-4H3. The van der Waals surface area contributed by atoms with Gasteiger partial charge in [-0.3, -0.25) is 0 Å². The molecule has 2 aromatic carbocycles. The molecule has 0 spiro atoms. The van der Waals surface area contributed by atoms with Gasteiger partial charge in [0.1, 0.15) is 11.5 Å². The summed E-state index contributed by atoms with van der Waals surface area (Å²) in [4.78, 5) is 0. The van der Waals surface area contributed by atoms with Crippen LogP contribution in [0.2, 0.25) is 0 Å². The summed E-state index contributed by atoms with van der Waals surface area (Å²) in [6.45, 7) is 11.8. The van der Waals surface area contributed by atoms with Crippen LogP contribution < -0.4 is 20.1 Å². The van der Waals surface area contributed by atoms with Gasteiger partial charge < -0.3 is 20.1 Å². The molecule has 0 bridgehead atoms. The zero-order valence-corrected chi connectivity index (χ0v) is 16.4. The van der Waals surface area contributed by atoms with Crippen molar-refractivity contribution in [1.82, 2.24) is 0 Å². The lowest BCUT2D eigenvalue weighted by molar-refractivity contribution is 0.271. The van der Waals surface area contributed by atoms with E-state index in [-0.39, 0.29) is 0 Å². The van der Waals surface area contributed by atoms with Crippen LogP contribution in [0.3, 0.4) is 0 Å². The second kappa shape index (κ2) is 10.6. The van der Waals surface area contributed by atoms with Crippen molar-refractivity contribution in [3.63, 3.8) is 0 Å². The molecule has 2 rings (SSSR count). The van der Waals surface area contributed by atoms with Gasteiger partial charge in [-0.15, -0.1) is 0 Å². The van der Waals surface area contributed by atoms with Crippen molar-refractivity contribution in [2.45, 2.75) is 27.7 Å². The summed E-state index contributed by atoms with van der Waals surface area (Å²) in [5, 5.41) is 6.82. The molecule has 0 fully saturated rings. The maximum Gasteiger partial charge on any atom is 0.119 e. The average molecular weight is 357 g/mol. The van der Waals surface area contributed by atoms with E-state index in [1.807, 2.05) is 24.3 Å². The average Bonchev–Trinajstić information content (AvgIpc) is 2.63. The molecule has 0 amide bonds. The first kappa shape index (κ1) is 20.0. The highest BCUT2D eigenvalue weighted by Gasteiger charge is 1.99. The first-order valence-electron chi connectivity index (χ1n) is 9.46. The number of benzene rings is 2. The van der Waals surface area contributed by atoms with Crippen LogP contribution in [0.4, 0.5) is 11.4 Å². The van der Waals surface area contributed by atoms with Crippen LogP contribution in [0.15, 0.2) is 48.5 Å². The Morgan fingerprint density at radius 2 is 0.962 bits per heavy atom. The van der Waals surface area contributed by atoms with Gasteiger partial charge in [0.25, 0.3) is 0 Å². The van der Waals surface area contributed by atoms with Crippen LogP contribution in [0.25, 0.3) is 0 Å². The van der Waals surface area contributed by atoms with E-state index < -0.39 is 0 Å². The summed E-state index contributed by atoms with van der Waals surface area (Å²) in [7, 11) is 0. The molecule has 0 atom stereocenters. The fourth-order valence-corrected chi connectivity index (χ4v) is 2.28. The Bertz CT molecular complexity index is 564. The minimum absolute atomic E-state index is 0.537. The maximum absolute atomic E-state index is 5.70. The highest BCUT2D eigenvalue weighted by atomic mass is 16.5. The molecule has 142 valence electrons. The van der Waals surface area contributed by atoms with Gasteiger partial charge >= 0.3 is 0 Å². The Hall–Kier alpha value is -2.36. The SMILES string of the molecule is CC(C)COc1ccc(NCCNc2ccc(OCC(C)C)cc2)cc1. The van der Waals surface area contributed by atoms with E-state index in [9.17, 15) is 0 Å². The van der Waals surface area contributed by atoms with Crippen molar-refractivity contribution < 1.29 is 9.47 Å². The van der Waals surface area contributed by atoms with Crippen molar-refractivity contribution >= 4 is 11.4 Å². The van der Waals surface area contributed by atoms with E-state index in [1.54, 1.807) is 0 Å². The Kier molecular flexibility index (Phi) is 8.13. The molecule has 0 aliphatic rings. The Labute approximate surface area is 157 Å². The lowest BCUT2D eigenvalue weighted by atomic mass is 10.2. The summed E-state index contributed by atoms with van der Waals surface area (Å²) in [5.41, 5.74) is 2.20. The summed E-state index contributed by atoms with van der Waals surface area (Å²) < 4.78 is 11.4. The van der Waals surface area contributed by atoms with Gasteiger partial charge in [0, 0.05) is 24.5 Å². The fourth-order valence-electron chi connectivity index (χ4n) is 2.28. The fraction of sp³-hybridized carbons (Fsp3) is 0.455. The van der Waals surface area contributed by atoms with Crippen molar-refractivity contribution in [1.29, 1.82) is 0 Å². The number of rotatable bonds is 11. The summed E-state index contributed by atoms with van der Waals surface area (Å²) >= 11 is 0. The monoisotopic (exact) mass is 356 g/mol. The highest BCUT2D eigenvalue weighted by Crippen LogP contribution is 2.17. The summed E-state index contributed by atoms with van der Waals surface area (Å²) in [6.07, 6.45) is 0. The van der Waals surface area contributed by atoms with E-state index in [1.165, 1.54) is 0 Å². The van der Waals surface area contributed by atoms with Gasteiger partial charge in [-0.1, -0.05) is 27.7 Å². The van der Waals surface area contributed by atoms with Crippen molar-refractivity contribution in [3.05, 3.63) is 48.5 Å². The van der Waals surface area contributed by atoms with Gasteiger partial charge in [-0.2, -0.15) is 0 Å². The third-order valence-corrected chi connectivity index (χ3v) is 3.66. The molecule has 0 aromatic heterocycles. The largest absolute Gasteiger partial charge is 0.493 e. The van der Waals surface area contributed by atoms with E-state index in [0.29, 0.717) is 11.8 Å². The Balaban J connectivity index is 1.66. The molecule has 2 aromatic rings. The Morgan fingerprint density at radius 3 is 1.27 bits per heavy atom. The third-order valence-electron chi connectivity index (χ3n) is 3.66. The highest BCUT2D eigenvalue weighted by molar-refractivity contribution is 5.48. The molecule has 0 radical (unpaired) electrons. The summed E-state index contributed by atoms with van der Waals surface area (Å²) in [6, 6.07) is 16.2. The Morgan fingerprint density at radius 1 is 0.615 bits per heavy atom. The van der Waals surface area contributed by atoms with Gasteiger partial charge in [0.2, 0.25) is 0 Å². The van der Waals surface area contributed by atoms with Crippen LogP contribution in [-0.2, 0) is 0 Å².